The zero-order valence-electron chi connectivity index (χ0n) is 13.3. The molecule has 1 atom stereocenters. The molecule has 118 valence electrons. The highest BCUT2D eigenvalue weighted by molar-refractivity contribution is 6.12. The minimum atomic E-state index is -0.735. The molecule has 1 heterocycles. The first-order chi connectivity index (χ1) is 10.9. The molecule has 2 aromatic carbocycles. The van der Waals surface area contributed by atoms with Crippen LogP contribution in [0.4, 0.5) is 0 Å². The predicted molar refractivity (Wildman–Crippen MR) is 88.9 cm³/mol. The lowest BCUT2D eigenvalue weighted by Gasteiger charge is -2.38. The molecule has 1 aliphatic rings. The van der Waals surface area contributed by atoms with Crippen molar-refractivity contribution >= 4 is 11.8 Å². The monoisotopic (exact) mass is 308 g/mol. The molecule has 0 saturated carbocycles. The minimum Gasteiger partial charge on any atom is -0.322 e. The first-order valence-electron chi connectivity index (χ1n) is 7.69. The van der Waals surface area contributed by atoms with E-state index in [0.717, 1.165) is 11.1 Å². The van der Waals surface area contributed by atoms with E-state index < -0.39 is 11.5 Å². The highest BCUT2D eigenvalue weighted by atomic mass is 16.2. The van der Waals surface area contributed by atoms with Crippen molar-refractivity contribution < 1.29 is 9.59 Å². The smallest absolute Gasteiger partial charge is 0.260 e. The molecule has 0 radical (unpaired) electrons. The molecule has 1 aliphatic heterocycles. The molecule has 2 aromatic rings. The minimum absolute atomic E-state index is 0.180. The summed E-state index contributed by atoms with van der Waals surface area (Å²) in [5, 5.41) is 0. The molecule has 0 bridgehead atoms. The number of fused-ring (bicyclic) bond motifs is 1. The van der Waals surface area contributed by atoms with Crippen molar-refractivity contribution in [3.63, 3.8) is 0 Å². The van der Waals surface area contributed by atoms with Crippen LogP contribution in [0.3, 0.4) is 0 Å². The van der Waals surface area contributed by atoms with E-state index in [1.807, 2.05) is 62.4 Å². The number of rotatable bonds is 3. The molecular formula is C19H20N2O2. The van der Waals surface area contributed by atoms with Crippen molar-refractivity contribution in [2.45, 2.75) is 25.3 Å². The SMILES string of the molecule is CC1(C)C(=O)N(CC(N)c2ccccc2)C(=O)c2ccccc21. The van der Waals surface area contributed by atoms with Crippen molar-refractivity contribution in [1.82, 2.24) is 4.90 Å². The molecule has 3 rings (SSSR count). The highest BCUT2D eigenvalue weighted by Crippen LogP contribution is 2.34. The second-order valence-corrected chi connectivity index (χ2v) is 6.41. The zero-order chi connectivity index (χ0) is 16.6. The van der Waals surface area contributed by atoms with E-state index in [0.29, 0.717) is 5.56 Å². The van der Waals surface area contributed by atoms with Crippen LogP contribution in [0.1, 0.15) is 41.4 Å². The fraction of sp³-hybridized carbons (Fsp3) is 0.263. The van der Waals surface area contributed by atoms with Gasteiger partial charge in [0.2, 0.25) is 5.91 Å². The number of hydrogen-bond donors (Lipinski definition) is 1. The summed E-state index contributed by atoms with van der Waals surface area (Å²) < 4.78 is 0. The van der Waals surface area contributed by atoms with Gasteiger partial charge in [0.05, 0.1) is 5.41 Å². The maximum Gasteiger partial charge on any atom is 0.260 e. The van der Waals surface area contributed by atoms with Gasteiger partial charge < -0.3 is 5.73 Å². The van der Waals surface area contributed by atoms with Gasteiger partial charge in [0, 0.05) is 18.2 Å². The van der Waals surface area contributed by atoms with E-state index in [1.54, 1.807) is 6.07 Å². The first-order valence-corrected chi connectivity index (χ1v) is 7.69. The van der Waals surface area contributed by atoms with Gasteiger partial charge in [0.25, 0.3) is 5.91 Å². The lowest BCUT2D eigenvalue weighted by molar-refractivity contribution is -0.134. The molecule has 0 aromatic heterocycles. The number of carbonyl (C=O) groups excluding carboxylic acids is 2. The number of nitrogens with zero attached hydrogens (tertiary/aromatic N) is 1. The third kappa shape index (κ3) is 2.55. The summed E-state index contributed by atoms with van der Waals surface area (Å²) in [4.78, 5) is 26.9. The third-order valence-electron chi connectivity index (χ3n) is 4.46. The highest BCUT2D eigenvalue weighted by Gasteiger charge is 2.44. The summed E-state index contributed by atoms with van der Waals surface area (Å²) in [5.74, 6) is -0.469. The molecule has 4 heteroatoms. The molecule has 1 unspecified atom stereocenters. The molecule has 0 aliphatic carbocycles. The summed E-state index contributed by atoms with van der Waals surface area (Å²) in [7, 11) is 0. The van der Waals surface area contributed by atoms with Crippen LogP contribution >= 0.6 is 0 Å². The summed E-state index contributed by atoms with van der Waals surface area (Å²) in [5.41, 5.74) is 7.74. The molecule has 0 spiro atoms. The lowest BCUT2D eigenvalue weighted by atomic mass is 9.77. The Labute approximate surface area is 135 Å². The summed E-state index contributed by atoms with van der Waals surface area (Å²) in [6.45, 7) is 3.88. The maximum absolute atomic E-state index is 12.8. The van der Waals surface area contributed by atoms with Crippen LogP contribution in [0.15, 0.2) is 54.6 Å². The largest absolute Gasteiger partial charge is 0.322 e. The van der Waals surface area contributed by atoms with Gasteiger partial charge in [-0.15, -0.1) is 0 Å². The molecule has 0 saturated heterocycles. The van der Waals surface area contributed by atoms with E-state index in [-0.39, 0.29) is 18.4 Å². The average Bonchev–Trinajstić information content (AvgIpc) is 2.58. The van der Waals surface area contributed by atoms with Crippen molar-refractivity contribution in [3.8, 4) is 0 Å². The fourth-order valence-electron chi connectivity index (χ4n) is 3.07. The second kappa shape index (κ2) is 5.63. The van der Waals surface area contributed by atoms with Gasteiger partial charge in [0.1, 0.15) is 0 Å². The number of carbonyl (C=O) groups is 2. The molecule has 23 heavy (non-hydrogen) atoms. The third-order valence-corrected chi connectivity index (χ3v) is 4.46. The van der Waals surface area contributed by atoms with Gasteiger partial charge in [-0.05, 0) is 31.0 Å². The molecule has 4 nitrogen and oxygen atoms in total. The van der Waals surface area contributed by atoms with Gasteiger partial charge in [-0.2, -0.15) is 0 Å². The molecule has 2 N–H and O–H groups in total. The summed E-state index contributed by atoms with van der Waals surface area (Å²) >= 11 is 0. The number of amides is 2. The Hall–Kier alpha value is -2.46. The molecule has 0 fully saturated rings. The van der Waals surface area contributed by atoms with E-state index in [2.05, 4.69) is 0 Å². The Morgan fingerprint density at radius 3 is 2.30 bits per heavy atom. The van der Waals surface area contributed by atoms with Crippen LogP contribution in [0.2, 0.25) is 0 Å². The summed E-state index contributed by atoms with van der Waals surface area (Å²) in [6, 6.07) is 16.4. The Bertz CT molecular complexity index is 753. The van der Waals surface area contributed by atoms with Crippen molar-refractivity contribution in [3.05, 3.63) is 71.3 Å². The summed E-state index contributed by atoms with van der Waals surface area (Å²) in [6.07, 6.45) is 0. The van der Waals surface area contributed by atoms with E-state index in [4.69, 9.17) is 5.73 Å². The fourth-order valence-corrected chi connectivity index (χ4v) is 3.07. The van der Waals surface area contributed by atoms with Gasteiger partial charge in [-0.3, -0.25) is 14.5 Å². The number of nitrogens with two attached hydrogens (primary N) is 1. The lowest BCUT2D eigenvalue weighted by Crippen LogP contribution is -2.53. The van der Waals surface area contributed by atoms with Gasteiger partial charge in [-0.25, -0.2) is 0 Å². The average molecular weight is 308 g/mol. The Morgan fingerprint density at radius 2 is 1.61 bits per heavy atom. The van der Waals surface area contributed by atoms with Crippen LogP contribution in [0.5, 0.6) is 0 Å². The number of imide groups is 1. The first kappa shape index (κ1) is 15.4. The maximum atomic E-state index is 12.8. The van der Waals surface area contributed by atoms with E-state index in [1.165, 1.54) is 4.90 Å². The zero-order valence-corrected chi connectivity index (χ0v) is 13.3. The Kier molecular flexibility index (Phi) is 3.78. The van der Waals surface area contributed by atoms with E-state index >= 15 is 0 Å². The van der Waals surface area contributed by atoms with Crippen LogP contribution in [0.25, 0.3) is 0 Å². The van der Waals surface area contributed by atoms with Gasteiger partial charge >= 0.3 is 0 Å². The van der Waals surface area contributed by atoms with Crippen molar-refractivity contribution in [1.29, 1.82) is 0 Å². The Morgan fingerprint density at radius 1 is 1.00 bits per heavy atom. The van der Waals surface area contributed by atoms with Crippen LogP contribution < -0.4 is 5.73 Å². The quantitative estimate of drug-likeness (QED) is 0.887. The van der Waals surface area contributed by atoms with Crippen LogP contribution in [-0.4, -0.2) is 23.3 Å². The predicted octanol–water partition coefficient (Wildman–Crippen LogP) is 2.65. The molecular weight excluding hydrogens is 288 g/mol. The standard InChI is InChI=1S/C19H20N2O2/c1-19(2)15-11-7-6-10-14(15)17(22)21(18(19)23)12-16(20)13-8-4-3-5-9-13/h3-11,16H,12,20H2,1-2H3. The van der Waals surface area contributed by atoms with Crippen molar-refractivity contribution in [2.75, 3.05) is 6.54 Å². The molecule has 2 amide bonds. The second-order valence-electron chi connectivity index (χ2n) is 6.41. The van der Waals surface area contributed by atoms with Crippen LogP contribution in [0, 0.1) is 0 Å². The van der Waals surface area contributed by atoms with Gasteiger partial charge in [0.15, 0.2) is 0 Å². The van der Waals surface area contributed by atoms with Crippen LogP contribution in [-0.2, 0) is 10.2 Å². The van der Waals surface area contributed by atoms with E-state index in [9.17, 15) is 9.59 Å². The Balaban J connectivity index is 1.95. The number of hydrogen-bond acceptors (Lipinski definition) is 3. The topological polar surface area (TPSA) is 63.4 Å². The normalized spacial score (nSPS) is 17.8. The van der Waals surface area contributed by atoms with Crippen molar-refractivity contribution in [2.24, 2.45) is 5.73 Å². The number of benzene rings is 2. The van der Waals surface area contributed by atoms with Gasteiger partial charge in [-0.1, -0.05) is 48.5 Å².